The van der Waals surface area contributed by atoms with Crippen molar-refractivity contribution in [2.75, 3.05) is 28.2 Å². The first-order chi connectivity index (χ1) is 11.9. The van der Waals surface area contributed by atoms with Gasteiger partial charge in [0.2, 0.25) is 0 Å². The third-order valence-electron chi connectivity index (χ3n) is 4.29. The van der Waals surface area contributed by atoms with E-state index in [4.69, 9.17) is 0 Å². The van der Waals surface area contributed by atoms with Gasteiger partial charge in [-0.05, 0) is 42.8 Å². The molecule has 1 heterocycles. The van der Waals surface area contributed by atoms with Gasteiger partial charge in [0.1, 0.15) is 0 Å². The Hall–Kier alpha value is -2.94. The van der Waals surface area contributed by atoms with Crippen LogP contribution in [0.5, 0.6) is 0 Å². The Morgan fingerprint density at radius 1 is 0.458 bits per heavy atom. The highest BCUT2D eigenvalue weighted by Gasteiger charge is 2.28. The molecule has 0 amide bonds. The van der Waals surface area contributed by atoms with Crippen molar-refractivity contribution in [3.63, 3.8) is 0 Å². The molecule has 1 fully saturated rings. The van der Waals surface area contributed by atoms with Crippen LogP contribution in [-0.2, 0) is 0 Å². The van der Waals surface area contributed by atoms with E-state index in [9.17, 15) is 0 Å². The van der Waals surface area contributed by atoms with Crippen LogP contribution in [0.2, 0.25) is 0 Å². The third-order valence-corrected chi connectivity index (χ3v) is 4.29. The molecule has 3 nitrogen and oxygen atoms in total. The number of nitrogens with zero attached hydrogens (tertiary/aromatic N) is 3. The highest BCUT2D eigenvalue weighted by atomic mass is 15.9. The zero-order valence-corrected chi connectivity index (χ0v) is 13.6. The number of hydrogen-bond acceptors (Lipinski definition) is 3. The van der Waals surface area contributed by atoms with E-state index in [-0.39, 0.29) is 0 Å². The quantitative estimate of drug-likeness (QED) is 0.691. The van der Waals surface area contributed by atoms with Crippen LogP contribution < -0.4 is 15.1 Å². The van der Waals surface area contributed by atoms with E-state index < -0.39 is 0 Å². The highest BCUT2D eigenvalue weighted by molar-refractivity contribution is 5.65. The maximum atomic E-state index is 2.35. The molecule has 1 saturated heterocycles. The summed E-state index contributed by atoms with van der Waals surface area (Å²) in [6.07, 6.45) is 1.12. The molecule has 1 aliphatic rings. The van der Waals surface area contributed by atoms with Gasteiger partial charge in [-0.1, -0.05) is 54.6 Å². The van der Waals surface area contributed by atoms with Gasteiger partial charge in [0.15, 0.2) is 0 Å². The van der Waals surface area contributed by atoms with Gasteiger partial charge in [-0.25, -0.2) is 0 Å². The first-order valence-electron chi connectivity index (χ1n) is 8.44. The van der Waals surface area contributed by atoms with E-state index in [0.717, 1.165) is 19.5 Å². The van der Waals surface area contributed by atoms with Gasteiger partial charge < -0.3 is 0 Å². The van der Waals surface area contributed by atoms with E-state index in [1.54, 1.807) is 0 Å². The van der Waals surface area contributed by atoms with Gasteiger partial charge in [-0.15, -0.1) is 0 Å². The fraction of sp³-hybridized carbons (Fsp3) is 0.143. The van der Waals surface area contributed by atoms with Gasteiger partial charge in [-0.3, -0.25) is 10.0 Å². The van der Waals surface area contributed by atoms with Crippen molar-refractivity contribution in [3.8, 4) is 0 Å². The van der Waals surface area contributed by atoms with Crippen LogP contribution in [0.1, 0.15) is 6.42 Å². The second-order valence-electron chi connectivity index (χ2n) is 5.90. The van der Waals surface area contributed by atoms with Crippen molar-refractivity contribution in [1.29, 1.82) is 0 Å². The molecule has 3 heteroatoms. The summed E-state index contributed by atoms with van der Waals surface area (Å²) in [4.78, 5) is 0. The summed E-state index contributed by atoms with van der Waals surface area (Å²) in [7, 11) is 0. The molecule has 24 heavy (non-hydrogen) atoms. The number of hydrogen-bond donors (Lipinski definition) is 0. The molecular weight excluding hydrogens is 294 g/mol. The van der Waals surface area contributed by atoms with E-state index >= 15 is 0 Å². The van der Waals surface area contributed by atoms with E-state index in [1.807, 2.05) is 0 Å². The minimum Gasteiger partial charge on any atom is -0.266 e. The molecule has 3 aromatic rings. The van der Waals surface area contributed by atoms with Crippen molar-refractivity contribution >= 4 is 17.1 Å². The van der Waals surface area contributed by atoms with Gasteiger partial charge in [0, 0.05) is 13.1 Å². The monoisotopic (exact) mass is 315 g/mol. The topological polar surface area (TPSA) is 9.72 Å². The van der Waals surface area contributed by atoms with Crippen molar-refractivity contribution in [2.24, 2.45) is 0 Å². The average Bonchev–Trinajstić information content (AvgIpc) is 2.69. The molecule has 0 radical (unpaired) electrons. The summed E-state index contributed by atoms with van der Waals surface area (Å²) in [5.74, 6) is 0. The van der Waals surface area contributed by atoms with Crippen molar-refractivity contribution in [3.05, 3.63) is 91.0 Å². The van der Waals surface area contributed by atoms with Crippen molar-refractivity contribution < 1.29 is 0 Å². The minimum absolute atomic E-state index is 1.00. The highest BCUT2D eigenvalue weighted by Crippen LogP contribution is 2.30. The van der Waals surface area contributed by atoms with Gasteiger partial charge in [0.05, 0.1) is 17.1 Å². The lowest BCUT2D eigenvalue weighted by Gasteiger charge is -2.49. The molecule has 0 atom stereocenters. The predicted molar refractivity (Wildman–Crippen MR) is 101 cm³/mol. The SMILES string of the molecule is c1ccc(N2CCCN(c3ccccc3)N2c2ccccc2)cc1. The number of rotatable bonds is 3. The minimum atomic E-state index is 1.00. The van der Waals surface area contributed by atoms with Crippen LogP contribution in [-0.4, -0.2) is 13.1 Å². The maximum Gasteiger partial charge on any atom is 0.0816 e. The standard InChI is InChI=1S/C21H21N3/c1-4-11-19(12-5-1)22-17-10-18-23(20-13-6-2-7-14-20)24(22)21-15-8-3-9-16-21/h1-9,11-16H,10,17-18H2. The van der Waals surface area contributed by atoms with Gasteiger partial charge in [-0.2, -0.15) is 5.12 Å². The molecule has 0 unspecified atom stereocenters. The lowest BCUT2D eigenvalue weighted by Crippen LogP contribution is -2.59. The summed E-state index contributed by atoms with van der Waals surface area (Å²) in [6, 6.07) is 31.8. The smallest absolute Gasteiger partial charge is 0.0816 e. The normalized spacial score (nSPS) is 14.8. The Balaban J connectivity index is 1.79. The molecule has 3 aromatic carbocycles. The predicted octanol–water partition coefficient (Wildman–Crippen LogP) is 4.74. The van der Waals surface area contributed by atoms with Crippen LogP contribution in [0, 0.1) is 0 Å². The number of benzene rings is 3. The number of hydrazine groups is 2. The van der Waals surface area contributed by atoms with Gasteiger partial charge >= 0.3 is 0 Å². The largest absolute Gasteiger partial charge is 0.266 e. The Bertz CT molecular complexity index is 711. The average molecular weight is 315 g/mol. The fourth-order valence-corrected chi connectivity index (χ4v) is 3.21. The first-order valence-corrected chi connectivity index (χ1v) is 8.44. The fourth-order valence-electron chi connectivity index (χ4n) is 3.21. The van der Waals surface area contributed by atoms with E-state index in [1.165, 1.54) is 17.1 Å². The van der Waals surface area contributed by atoms with E-state index in [2.05, 4.69) is 106 Å². The Morgan fingerprint density at radius 3 is 1.25 bits per heavy atom. The molecule has 0 aromatic heterocycles. The second-order valence-corrected chi connectivity index (χ2v) is 5.90. The van der Waals surface area contributed by atoms with Crippen LogP contribution in [0.25, 0.3) is 0 Å². The van der Waals surface area contributed by atoms with Crippen LogP contribution >= 0.6 is 0 Å². The number of anilines is 3. The Kier molecular flexibility index (Phi) is 4.07. The third kappa shape index (κ3) is 2.81. The van der Waals surface area contributed by atoms with E-state index in [0.29, 0.717) is 0 Å². The molecular formula is C21H21N3. The summed E-state index contributed by atoms with van der Waals surface area (Å²) in [6.45, 7) is 2.00. The summed E-state index contributed by atoms with van der Waals surface area (Å²) in [5, 5.41) is 7.01. The molecule has 120 valence electrons. The Morgan fingerprint density at radius 2 is 0.833 bits per heavy atom. The molecule has 4 rings (SSSR count). The molecule has 0 N–H and O–H groups in total. The lowest BCUT2D eigenvalue weighted by molar-refractivity contribution is 0.569. The lowest BCUT2D eigenvalue weighted by atomic mass is 10.2. The van der Waals surface area contributed by atoms with Crippen molar-refractivity contribution in [2.45, 2.75) is 6.42 Å². The van der Waals surface area contributed by atoms with Crippen LogP contribution in [0.4, 0.5) is 17.1 Å². The summed E-state index contributed by atoms with van der Waals surface area (Å²) < 4.78 is 0. The number of para-hydroxylation sites is 3. The zero-order chi connectivity index (χ0) is 16.2. The summed E-state index contributed by atoms with van der Waals surface area (Å²) in [5.41, 5.74) is 3.59. The molecule has 0 saturated carbocycles. The molecule has 0 spiro atoms. The molecule has 0 bridgehead atoms. The van der Waals surface area contributed by atoms with Crippen LogP contribution in [0.3, 0.4) is 0 Å². The Labute approximate surface area is 143 Å². The molecule has 1 aliphatic heterocycles. The van der Waals surface area contributed by atoms with Crippen LogP contribution in [0.15, 0.2) is 91.0 Å². The first kappa shape index (κ1) is 14.6. The zero-order valence-electron chi connectivity index (χ0n) is 13.6. The van der Waals surface area contributed by atoms with Crippen molar-refractivity contribution in [1.82, 2.24) is 0 Å². The summed E-state index contributed by atoms with van der Waals surface area (Å²) >= 11 is 0. The second kappa shape index (κ2) is 6.67. The maximum absolute atomic E-state index is 2.35. The van der Waals surface area contributed by atoms with Gasteiger partial charge in [0.25, 0.3) is 0 Å². The molecule has 0 aliphatic carbocycles.